The van der Waals surface area contributed by atoms with E-state index in [4.69, 9.17) is 0 Å². The minimum Gasteiger partial charge on any atom is -0.274 e. The molecule has 2 amide bonds. The molecule has 0 aromatic heterocycles. The number of carbonyl (C=O) groups excluding carboxylic acids is 2. The molecule has 1 aliphatic rings. The highest BCUT2D eigenvalue weighted by molar-refractivity contribution is 9.10. The van der Waals surface area contributed by atoms with Gasteiger partial charge in [-0.25, -0.2) is 4.90 Å². The summed E-state index contributed by atoms with van der Waals surface area (Å²) in [4.78, 5) is 24.6. The Kier molecular flexibility index (Phi) is 2.84. The fourth-order valence-electron chi connectivity index (χ4n) is 2.02. The number of nitrogens with zero attached hydrogens (tertiary/aromatic N) is 1. The lowest BCUT2D eigenvalue weighted by atomic mass is 10.1. The first-order chi connectivity index (χ1) is 7.50. The van der Waals surface area contributed by atoms with Crippen LogP contribution in [0.1, 0.15) is 24.0 Å². The Labute approximate surface area is 103 Å². The summed E-state index contributed by atoms with van der Waals surface area (Å²) in [6, 6.07) is 3.89. The lowest BCUT2D eigenvalue weighted by Gasteiger charge is -2.18. The van der Waals surface area contributed by atoms with Gasteiger partial charge in [-0.1, -0.05) is 6.07 Å². The molecule has 0 unspecified atom stereocenters. The van der Waals surface area contributed by atoms with Crippen LogP contribution in [0.3, 0.4) is 0 Å². The molecule has 1 fully saturated rings. The fourth-order valence-corrected chi connectivity index (χ4v) is 2.87. The average Bonchev–Trinajstić information content (AvgIpc) is 2.47. The summed E-state index contributed by atoms with van der Waals surface area (Å²) in [5.41, 5.74) is 2.74. The van der Waals surface area contributed by atoms with Gasteiger partial charge in [0, 0.05) is 17.3 Å². The third kappa shape index (κ3) is 1.78. The summed E-state index contributed by atoms with van der Waals surface area (Å²) >= 11 is 3.42. The van der Waals surface area contributed by atoms with E-state index >= 15 is 0 Å². The van der Waals surface area contributed by atoms with Gasteiger partial charge in [0.2, 0.25) is 11.8 Å². The molecule has 0 atom stereocenters. The van der Waals surface area contributed by atoms with E-state index in [1.165, 1.54) is 4.90 Å². The summed E-state index contributed by atoms with van der Waals surface area (Å²) in [7, 11) is 0. The maximum atomic E-state index is 11.7. The minimum atomic E-state index is -0.113. The van der Waals surface area contributed by atoms with Crippen molar-refractivity contribution in [3.05, 3.63) is 27.7 Å². The van der Waals surface area contributed by atoms with Crippen LogP contribution in [0.25, 0.3) is 0 Å². The molecule has 1 aromatic rings. The van der Waals surface area contributed by atoms with Gasteiger partial charge in [0.25, 0.3) is 0 Å². The summed E-state index contributed by atoms with van der Waals surface area (Å²) in [5, 5.41) is 0. The first-order valence-electron chi connectivity index (χ1n) is 5.13. The van der Waals surface area contributed by atoms with Crippen molar-refractivity contribution in [2.24, 2.45) is 0 Å². The molecule has 1 aromatic carbocycles. The van der Waals surface area contributed by atoms with E-state index in [1.54, 1.807) is 0 Å². The van der Waals surface area contributed by atoms with E-state index in [1.807, 2.05) is 26.0 Å². The molecule has 84 valence electrons. The van der Waals surface area contributed by atoms with E-state index in [0.29, 0.717) is 18.5 Å². The zero-order valence-corrected chi connectivity index (χ0v) is 10.8. The van der Waals surface area contributed by atoms with E-state index in [2.05, 4.69) is 15.9 Å². The highest BCUT2D eigenvalue weighted by atomic mass is 79.9. The van der Waals surface area contributed by atoms with Crippen LogP contribution >= 0.6 is 15.9 Å². The Morgan fingerprint density at radius 2 is 1.69 bits per heavy atom. The zero-order chi connectivity index (χ0) is 11.9. The van der Waals surface area contributed by atoms with Crippen molar-refractivity contribution in [3.8, 4) is 0 Å². The van der Waals surface area contributed by atoms with Crippen LogP contribution in [-0.2, 0) is 9.59 Å². The highest BCUT2D eigenvalue weighted by Gasteiger charge is 2.32. The monoisotopic (exact) mass is 281 g/mol. The number of amides is 2. The largest absolute Gasteiger partial charge is 0.274 e. The van der Waals surface area contributed by atoms with Crippen molar-refractivity contribution >= 4 is 33.4 Å². The lowest BCUT2D eigenvalue weighted by Crippen LogP contribution is -2.29. The fraction of sp³-hybridized carbons (Fsp3) is 0.333. The van der Waals surface area contributed by atoms with Gasteiger partial charge in [-0.15, -0.1) is 0 Å². The van der Waals surface area contributed by atoms with Gasteiger partial charge in [-0.3, -0.25) is 9.59 Å². The number of halogens is 1. The number of hydrogen-bond donors (Lipinski definition) is 0. The molecule has 0 radical (unpaired) electrons. The maximum Gasteiger partial charge on any atom is 0.234 e. The van der Waals surface area contributed by atoms with Crippen LogP contribution in [0, 0.1) is 13.8 Å². The van der Waals surface area contributed by atoms with Crippen LogP contribution in [0.2, 0.25) is 0 Å². The second-order valence-corrected chi connectivity index (χ2v) is 4.89. The molecule has 0 N–H and O–H groups in total. The standard InChI is InChI=1S/C12H12BrNO2/c1-7-5-8(2)12(9(13)6-7)14-10(15)3-4-11(14)16/h5-6H,3-4H2,1-2H3. The van der Waals surface area contributed by atoms with Crippen LogP contribution in [0.15, 0.2) is 16.6 Å². The first kappa shape index (κ1) is 11.3. The number of anilines is 1. The Bertz CT molecular complexity index is 443. The molecule has 4 heteroatoms. The van der Waals surface area contributed by atoms with Crippen molar-refractivity contribution in [1.82, 2.24) is 0 Å². The number of benzene rings is 1. The van der Waals surface area contributed by atoms with Gasteiger partial charge in [0.15, 0.2) is 0 Å². The number of aryl methyl sites for hydroxylation is 2. The van der Waals surface area contributed by atoms with Gasteiger partial charge in [0.05, 0.1) is 5.69 Å². The molecule has 3 nitrogen and oxygen atoms in total. The van der Waals surface area contributed by atoms with Gasteiger partial charge in [-0.2, -0.15) is 0 Å². The molecule has 1 saturated heterocycles. The molecule has 0 bridgehead atoms. The van der Waals surface area contributed by atoms with Gasteiger partial charge < -0.3 is 0 Å². The van der Waals surface area contributed by atoms with Gasteiger partial charge in [-0.05, 0) is 47.0 Å². The summed E-state index contributed by atoms with van der Waals surface area (Å²) in [5.74, 6) is -0.227. The Balaban J connectivity index is 2.55. The van der Waals surface area contributed by atoms with Crippen molar-refractivity contribution in [1.29, 1.82) is 0 Å². The molecule has 0 saturated carbocycles. The lowest BCUT2D eigenvalue weighted by molar-refractivity contribution is -0.121. The van der Waals surface area contributed by atoms with Gasteiger partial charge >= 0.3 is 0 Å². The molecular weight excluding hydrogens is 270 g/mol. The smallest absolute Gasteiger partial charge is 0.234 e. The molecule has 1 aliphatic heterocycles. The van der Waals surface area contributed by atoms with Crippen molar-refractivity contribution < 1.29 is 9.59 Å². The molecule has 0 spiro atoms. The second kappa shape index (κ2) is 4.01. The number of carbonyl (C=O) groups is 2. The topological polar surface area (TPSA) is 37.4 Å². The summed E-state index contributed by atoms with van der Waals surface area (Å²) in [6.45, 7) is 3.89. The predicted octanol–water partition coefficient (Wildman–Crippen LogP) is 2.72. The summed E-state index contributed by atoms with van der Waals surface area (Å²) < 4.78 is 0.800. The van der Waals surface area contributed by atoms with Crippen molar-refractivity contribution in [2.45, 2.75) is 26.7 Å². The van der Waals surface area contributed by atoms with E-state index in [9.17, 15) is 9.59 Å². The average molecular weight is 282 g/mol. The van der Waals surface area contributed by atoms with E-state index in [0.717, 1.165) is 15.6 Å². The number of rotatable bonds is 1. The molecule has 0 aliphatic carbocycles. The van der Waals surface area contributed by atoms with Crippen molar-refractivity contribution in [3.63, 3.8) is 0 Å². The Hall–Kier alpha value is -1.16. The van der Waals surface area contributed by atoms with Gasteiger partial charge in [0.1, 0.15) is 0 Å². The Morgan fingerprint density at radius 3 is 2.19 bits per heavy atom. The third-order valence-corrected chi connectivity index (χ3v) is 3.28. The maximum absolute atomic E-state index is 11.7. The molecule has 2 rings (SSSR count). The highest BCUT2D eigenvalue weighted by Crippen LogP contribution is 2.34. The Morgan fingerprint density at radius 1 is 1.12 bits per heavy atom. The van der Waals surface area contributed by atoms with E-state index in [-0.39, 0.29) is 11.8 Å². The predicted molar refractivity (Wildman–Crippen MR) is 65.3 cm³/mol. The summed E-state index contributed by atoms with van der Waals surface area (Å²) in [6.07, 6.45) is 0.636. The minimum absolute atomic E-state index is 0.113. The normalized spacial score (nSPS) is 16.1. The third-order valence-electron chi connectivity index (χ3n) is 2.67. The second-order valence-electron chi connectivity index (χ2n) is 4.04. The quantitative estimate of drug-likeness (QED) is 0.743. The van der Waals surface area contributed by atoms with Crippen LogP contribution in [0.5, 0.6) is 0 Å². The van der Waals surface area contributed by atoms with Crippen molar-refractivity contribution in [2.75, 3.05) is 4.90 Å². The number of imide groups is 1. The van der Waals surface area contributed by atoms with Crippen LogP contribution in [0.4, 0.5) is 5.69 Å². The van der Waals surface area contributed by atoms with Crippen LogP contribution in [-0.4, -0.2) is 11.8 Å². The van der Waals surface area contributed by atoms with E-state index < -0.39 is 0 Å². The zero-order valence-electron chi connectivity index (χ0n) is 9.21. The number of hydrogen-bond acceptors (Lipinski definition) is 2. The molecular formula is C12H12BrNO2. The SMILES string of the molecule is Cc1cc(C)c(N2C(=O)CCC2=O)c(Br)c1. The first-order valence-corrected chi connectivity index (χ1v) is 5.92. The van der Waals surface area contributed by atoms with Crippen LogP contribution < -0.4 is 4.90 Å². The molecule has 16 heavy (non-hydrogen) atoms. The molecule has 1 heterocycles.